The Balaban J connectivity index is 1.37. The summed E-state index contributed by atoms with van der Waals surface area (Å²) in [7, 11) is 0. The largest absolute Gasteiger partial charge is 0.356 e. The number of carbonyl (C=O) groups excluding carboxylic acids is 1. The van der Waals surface area contributed by atoms with Crippen molar-refractivity contribution >= 4 is 23.1 Å². The minimum atomic E-state index is -0.483. The van der Waals surface area contributed by atoms with E-state index in [1.807, 2.05) is 6.07 Å². The highest BCUT2D eigenvalue weighted by Gasteiger charge is 2.26. The SMILES string of the molecule is O=C(Nc1cccc([N+](=O)[O-])c1)C1CCN(c2cc(-n3cncn3)ncn2)CC1. The van der Waals surface area contributed by atoms with Gasteiger partial charge in [-0.2, -0.15) is 5.10 Å². The van der Waals surface area contributed by atoms with Gasteiger partial charge in [-0.3, -0.25) is 14.9 Å². The lowest BCUT2D eigenvalue weighted by atomic mass is 9.96. The fourth-order valence-corrected chi connectivity index (χ4v) is 3.27. The van der Waals surface area contributed by atoms with Crippen LogP contribution in [0.15, 0.2) is 49.3 Å². The van der Waals surface area contributed by atoms with E-state index in [0.717, 1.165) is 5.82 Å². The highest BCUT2D eigenvalue weighted by Crippen LogP contribution is 2.24. The zero-order valence-corrected chi connectivity index (χ0v) is 15.4. The van der Waals surface area contributed by atoms with E-state index in [-0.39, 0.29) is 17.5 Å². The first-order valence-electron chi connectivity index (χ1n) is 9.07. The lowest BCUT2D eigenvalue weighted by Gasteiger charge is -2.32. The highest BCUT2D eigenvalue weighted by molar-refractivity contribution is 5.93. The zero-order chi connectivity index (χ0) is 20.2. The molecule has 0 bridgehead atoms. The van der Waals surface area contributed by atoms with Crippen molar-refractivity contribution in [2.75, 3.05) is 23.3 Å². The molecule has 3 heterocycles. The topological polar surface area (TPSA) is 132 Å². The standard InChI is InChI=1S/C18H18N8O3/c27-18(23-14-2-1-3-15(8-14)26(28)29)13-4-6-24(7-5-13)16-9-17(21-11-20-16)25-12-19-10-22-25/h1-3,8-13H,4-7H2,(H,23,27). The predicted molar refractivity (Wildman–Crippen MR) is 104 cm³/mol. The van der Waals surface area contributed by atoms with Crippen molar-refractivity contribution in [2.45, 2.75) is 12.8 Å². The van der Waals surface area contributed by atoms with Crippen LogP contribution < -0.4 is 10.2 Å². The first-order valence-corrected chi connectivity index (χ1v) is 9.07. The zero-order valence-electron chi connectivity index (χ0n) is 15.4. The van der Waals surface area contributed by atoms with Crippen molar-refractivity contribution in [3.05, 3.63) is 59.4 Å². The average molecular weight is 394 g/mol. The molecule has 0 radical (unpaired) electrons. The van der Waals surface area contributed by atoms with Crippen LogP contribution in [0.4, 0.5) is 17.2 Å². The summed E-state index contributed by atoms with van der Waals surface area (Å²) in [5.74, 6) is 1.10. The van der Waals surface area contributed by atoms with E-state index in [2.05, 4.69) is 30.3 Å². The quantitative estimate of drug-likeness (QED) is 0.512. The number of nitrogens with one attached hydrogen (secondary N) is 1. The summed E-state index contributed by atoms with van der Waals surface area (Å²) >= 11 is 0. The fourth-order valence-electron chi connectivity index (χ4n) is 3.27. The molecule has 0 spiro atoms. The summed E-state index contributed by atoms with van der Waals surface area (Å²) in [6.45, 7) is 1.33. The molecule has 11 heteroatoms. The van der Waals surface area contributed by atoms with Gasteiger partial charge in [0.2, 0.25) is 5.91 Å². The number of nitro benzene ring substituents is 1. The van der Waals surface area contributed by atoms with E-state index in [1.54, 1.807) is 23.1 Å². The lowest BCUT2D eigenvalue weighted by molar-refractivity contribution is -0.384. The Kier molecular flexibility index (Phi) is 5.10. The number of rotatable bonds is 5. The molecule has 0 unspecified atom stereocenters. The Morgan fingerprint density at radius 3 is 2.66 bits per heavy atom. The number of benzene rings is 1. The third kappa shape index (κ3) is 4.18. The van der Waals surface area contributed by atoms with E-state index in [0.29, 0.717) is 37.4 Å². The number of carbonyl (C=O) groups is 1. The molecule has 11 nitrogen and oxygen atoms in total. The van der Waals surface area contributed by atoms with E-state index in [1.165, 1.54) is 24.8 Å². The second-order valence-electron chi connectivity index (χ2n) is 6.63. The Morgan fingerprint density at radius 2 is 1.93 bits per heavy atom. The molecule has 1 aromatic carbocycles. The van der Waals surface area contributed by atoms with E-state index < -0.39 is 4.92 Å². The maximum atomic E-state index is 12.6. The summed E-state index contributed by atoms with van der Waals surface area (Å²) in [5.41, 5.74) is 0.379. The molecule has 29 heavy (non-hydrogen) atoms. The second-order valence-corrected chi connectivity index (χ2v) is 6.63. The molecule has 1 aliphatic heterocycles. The van der Waals surface area contributed by atoms with Crippen LogP contribution in [-0.2, 0) is 4.79 Å². The maximum absolute atomic E-state index is 12.6. The van der Waals surface area contributed by atoms with Crippen LogP contribution in [-0.4, -0.2) is 48.7 Å². The van der Waals surface area contributed by atoms with Crippen LogP contribution in [0, 0.1) is 16.0 Å². The molecule has 4 rings (SSSR count). The third-order valence-electron chi connectivity index (χ3n) is 4.81. The Hall–Kier alpha value is -3.89. The van der Waals surface area contributed by atoms with Crippen molar-refractivity contribution < 1.29 is 9.72 Å². The number of amides is 1. The first kappa shape index (κ1) is 18.5. The maximum Gasteiger partial charge on any atom is 0.271 e. The van der Waals surface area contributed by atoms with Crippen LogP contribution in [0.2, 0.25) is 0 Å². The van der Waals surface area contributed by atoms with Crippen LogP contribution >= 0.6 is 0 Å². The number of non-ortho nitro benzene ring substituents is 1. The summed E-state index contributed by atoms with van der Waals surface area (Å²) < 4.78 is 1.56. The van der Waals surface area contributed by atoms with E-state index >= 15 is 0 Å². The average Bonchev–Trinajstić information content (AvgIpc) is 3.29. The summed E-state index contributed by atoms with van der Waals surface area (Å²) in [5, 5.41) is 17.7. The molecule has 148 valence electrons. The summed E-state index contributed by atoms with van der Waals surface area (Å²) in [6.07, 6.45) is 5.80. The second kappa shape index (κ2) is 8.00. The van der Waals surface area contributed by atoms with E-state index in [9.17, 15) is 14.9 Å². The van der Waals surface area contributed by atoms with Crippen molar-refractivity contribution in [1.29, 1.82) is 0 Å². The van der Waals surface area contributed by atoms with Gasteiger partial charge >= 0.3 is 0 Å². The Morgan fingerprint density at radius 1 is 1.14 bits per heavy atom. The van der Waals surface area contributed by atoms with Gasteiger partial charge in [0, 0.05) is 42.9 Å². The monoisotopic (exact) mass is 394 g/mol. The molecule has 1 fully saturated rings. The molecule has 0 atom stereocenters. The van der Waals surface area contributed by atoms with Crippen LogP contribution in [0.5, 0.6) is 0 Å². The molecular formula is C18H18N8O3. The molecule has 0 saturated carbocycles. The lowest BCUT2D eigenvalue weighted by Crippen LogP contribution is -2.38. The Bertz CT molecular complexity index is 1020. The van der Waals surface area contributed by atoms with Crippen LogP contribution in [0.25, 0.3) is 5.82 Å². The van der Waals surface area contributed by atoms with Gasteiger partial charge in [0.1, 0.15) is 24.8 Å². The number of nitrogens with zero attached hydrogens (tertiary/aromatic N) is 7. The predicted octanol–water partition coefficient (Wildman–Crippen LogP) is 1.82. The molecule has 2 aromatic heterocycles. The summed E-state index contributed by atoms with van der Waals surface area (Å²) in [6, 6.07) is 7.78. The number of hydrogen-bond donors (Lipinski definition) is 1. The van der Waals surface area contributed by atoms with Gasteiger partial charge < -0.3 is 10.2 Å². The minimum absolute atomic E-state index is 0.0513. The van der Waals surface area contributed by atoms with Gasteiger partial charge in [-0.25, -0.2) is 19.6 Å². The molecule has 1 amide bonds. The molecule has 1 aliphatic rings. The number of piperidine rings is 1. The smallest absolute Gasteiger partial charge is 0.271 e. The molecule has 1 N–H and O–H groups in total. The van der Waals surface area contributed by atoms with Crippen molar-refractivity contribution in [3.8, 4) is 5.82 Å². The van der Waals surface area contributed by atoms with Gasteiger partial charge in [-0.05, 0) is 18.9 Å². The number of nitro groups is 1. The summed E-state index contributed by atoms with van der Waals surface area (Å²) in [4.78, 5) is 37.5. The van der Waals surface area contributed by atoms with Gasteiger partial charge in [-0.1, -0.05) is 6.07 Å². The molecular weight excluding hydrogens is 376 g/mol. The highest BCUT2D eigenvalue weighted by atomic mass is 16.6. The fraction of sp³-hybridized carbons (Fsp3) is 0.278. The number of hydrogen-bond acceptors (Lipinski definition) is 8. The third-order valence-corrected chi connectivity index (χ3v) is 4.81. The minimum Gasteiger partial charge on any atom is -0.356 e. The van der Waals surface area contributed by atoms with Gasteiger partial charge in [0.05, 0.1) is 4.92 Å². The van der Waals surface area contributed by atoms with Gasteiger partial charge in [0.25, 0.3) is 5.69 Å². The number of aromatic nitrogens is 5. The van der Waals surface area contributed by atoms with Gasteiger partial charge in [-0.15, -0.1) is 0 Å². The van der Waals surface area contributed by atoms with Gasteiger partial charge in [0.15, 0.2) is 5.82 Å². The number of anilines is 2. The van der Waals surface area contributed by atoms with Crippen molar-refractivity contribution in [2.24, 2.45) is 5.92 Å². The molecule has 1 saturated heterocycles. The van der Waals surface area contributed by atoms with Crippen LogP contribution in [0.3, 0.4) is 0 Å². The first-order chi connectivity index (χ1) is 14.1. The Labute approximate surface area is 165 Å². The van der Waals surface area contributed by atoms with Crippen molar-refractivity contribution in [1.82, 2.24) is 24.7 Å². The molecule has 3 aromatic rings. The molecule has 0 aliphatic carbocycles. The normalized spacial score (nSPS) is 14.6. The van der Waals surface area contributed by atoms with Crippen molar-refractivity contribution in [3.63, 3.8) is 0 Å². The van der Waals surface area contributed by atoms with E-state index in [4.69, 9.17) is 0 Å². The van der Waals surface area contributed by atoms with Crippen LogP contribution in [0.1, 0.15) is 12.8 Å².